The molecule has 4 atom stereocenters. The largest absolute Gasteiger partial charge is 0.493 e. The molecule has 5 aliphatic rings. The quantitative estimate of drug-likeness (QED) is 0.220. The molecule has 9 heteroatoms. The molecule has 278 valence electrons. The maximum absolute atomic E-state index is 13.1. The topological polar surface area (TPSA) is 87.2 Å². The van der Waals surface area contributed by atoms with Crippen molar-refractivity contribution in [3.05, 3.63) is 87.7 Å². The highest BCUT2D eigenvalue weighted by Gasteiger charge is 2.54. The van der Waals surface area contributed by atoms with Gasteiger partial charge in [-0.2, -0.15) is 0 Å². The lowest BCUT2D eigenvalue weighted by Gasteiger charge is -2.47. The second kappa shape index (κ2) is 14.9. The Morgan fingerprint density at radius 3 is 2.83 bits per heavy atom. The van der Waals surface area contributed by atoms with Gasteiger partial charge < -0.3 is 19.9 Å². The number of fused-ring (bicyclic) bond motifs is 4. The smallest absolute Gasteiger partial charge is 0.329 e. The first-order valence-electron chi connectivity index (χ1n) is 19.8. The van der Waals surface area contributed by atoms with Crippen LogP contribution < -0.4 is 10.1 Å². The third-order valence-electron chi connectivity index (χ3n) is 13.3. The molecule has 2 aromatic carbocycles. The van der Waals surface area contributed by atoms with E-state index in [4.69, 9.17) is 26.1 Å². The van der Waals surface area contributed by atoms with Gasteiger partial charge in [-0.05, 0) is 122 Å². The second-order valence-electron chi connectivity index (χ2n) is 16.7. The number of aromatic nitrogens is 1. The van der Waals surface area contributed by atoms with E-state index >= 15 is 0 Å². The van der Waals surface area contributed by atoms with Crippen molar-refractivity contribution in [2.45, 2.75) is 101 Å². The van der Waals surface area contributed by atoms with Crippen molar-refractivity contribution >= 4 is 23.3 Å². The SMILES string of the molecule is C[C@@H](COc1ccnc2c1[C@H](C)CCC2)CC1Cc2ccc(CN3CCN4CCOC[C@@H]4C3)cc2C12CCC(Nc1cccc(Cl)c1)(C(=O)O)CC2. The number of morpholine rings is 1. The molecule has 0 radical (unpaired) electrons. The van der Waals surface area contributed by atoms with Gasteiger partial charge in [0.15, 0.2) is 0 Å². The number of pyridine rings is 1. The lowest BCUT2D eigenvalue weighted by Crippen LogP contribution is -2.57. The molecule has 3 aliphatic carbocycles. The molecule has 2 N–H and O–H groups in total. The first-order chi connectivity index (χ1) is 25.2. The zero-order chi connectivity index (χ0) is 35.9. The molecule has 0 amide bonds. The fourth-order valence-corrected chi connectivity index (χ4v) is 10.6. The number of aliphatic carboxylic acids is 1. The maximum atomic E-state index is 13.1. The van der Waals surface area contributed by atoms with E-state index in [0.717, 1.165) is 89.5 Å². The number of piperazine rings is 1. The van der Waals surface area contributed by atoms with Gasteiger partial charge in [0, 0.05) is 66.9 Å². The number of hydrogen-bond acceptors (Lipinski definition) is 7. The van der Waals surface area contributed by atoms with Gasteiger partial charge in [0.2, 0.25) is 0 Å². The average molecular weight is 727 g/mol. The summed E-state index contributed by atoms with van der Waals surface area (Å²) in [6.07, 6.45) is 10.2. The number of hydrogen-bond donors (Lipinski definition) is 2. The molecular formula is C43H55ClN4O4. The first-order valence-corrected chi connectivity index (χ1v) is 20.1. The third kappa shape index (κ3) is 7.08. The molecule has 0 bridgehead atoms. The van der Waals surface area contributed by atoms with Gasteiger partial charge in [0.05, 0.1) is 19.8 Å². The van der Waals surface area contributed by atoms with E-state index in [1.165, 1.54) is 40.8 Å². The molecule has 8 nitrogen and oxygen atoms in total. The zero-order valence-electron chi connectivity index (χ0n) is 30.9. The Kier molecular flexibility index (Phi) is 10.3. The summed E-state index contributed by atoms with van der Waals surface area (Å²) in [5, 5.41) is 14.8. The van der Waals surface area contributed by atoms with Crippen LogP contribution in [-0.2, 0) is 34.3 Å². The van der Waals surface area contributed by atoms with Crippen molar-refractivity contribution in [2.24, 2.45) is 11.8 Å². The summed E-state index contributed by atoms with van der Waals surface area (Å²) in [6, 6.07) is 17.2. The number of anilines is 1. The summed E-state index contributed by atoms with van der Waals surface area (Å²) in [6.45, 7) is 12.2. The number of carboxylic acids is 1. The van der Waals surface area contributed by atoms with Crippen molar-refractivity contribution < 1.29 is 19.4 Å². The lowest BCUT2D eigenvalue weighted by atomic mass is 9.59. The summed E-state index contributed by atoms with van der Waals surface area (Å²) in [5.74, 6) is 1.47. The van der Waals surface area contributed by atoms with E-state index < -0.39 is 11.5 Å². The normalized spacial score (nSPS) is 29.6. The number of benzene rings is 2. The van der Waals surface area contributed by atoms with E-state index in [1.807, 2.05) is 30.5 Å². The molecule has 2 aliphatic heterocycles. The van der Waals surface area contributed by atoms with E-state index in [2.05, 4.69) is 53.2 Å². The van der Waals surface area contributed by atoms with E-state index in [1.54, 1.807) is 0 Å². The van der Waals surface area contributed by atoms with Crippen molar-refractivity contribution in [3.8, 4) is 5.75 Å². The molecule has 3 heterocycles. The zero-order valence-corrected chi connectivity index (χ0v) is 31.7. The molecule has 2 saturated heterocycles. The summed E-state index contributed by atoms with van der Waals surface area (Å²) in [5.41, 5.74) is 6.43. The monoisotopic (exact) mass is 726 g/mol. The van der Waals surface area contributed by atoms with Crippen LogP contribution in [0.2, 0.25) is 5.02 Å². The van der Waals surface area contributed by atoms with E-state index in [9.17, 15) is 9.90 Å². The summed E-state index contributed by atoms with van der Waals surface area (Å²) < 4.78 is 12.5. The number of carbonyl (C=O) groups is 1. The predicted molar refractivity (Wildman–Crippen MR) is 206 cm³/mol. The number of aryl methyl sites for hydroxylation is 1. The first kappa shape index (κ1) is 35.8. The Morgan fingerprint density at radius 1 is 1.13 bits per heavy atom. The van der Waals surface area contributed by atoms with Crippen molar-refractivity contribution in [3.63, 3.8) is 0 Å². The van der Waals surface area contributed by atoms with Gasteiger partial charge in [0.1, 0.15) is 11.3 Å². The standard InChI is InChI=1S/C43H55ClN4O4/c1-29(27-52-39-11-16-45-38-8-3-5-30(2)40(38)39)21-33-23-32-10-9-31(25-47-17-18-48-19-20-51-28-36(48)26-47)22-37(32)42(33)12-14-43(15-13-42,41(49)50)46-35-7-4-6-34(44)24-35/h4,6-7,9-11,16,22,24,29-30,33,36,46H,3,5,8,12-15,17-21,23,25-28H2,1-2H3,(H,49,50)/t29-,30-,33?,36+,42?,43?/m1/s1. The third-order valence-corrected chi connectivity index (χ3v) is 13.5. The maximum Gasteiger partial charge on any atom is 0.329 e. The average Bonchev–Trinajstić information content (AvgIpc) is 3.42. The molecule has 1 unspecified atom stereocenters. The summed E-state index contributed by atoms with van der Waals surface area (Å²) in [7, 11) is 0. The Hall–Kier alpha value is -3.17. The van der Waals surface area contributed by atoms with Gasteiger partial charge in [-0.15, -0.1) is 0 Å². The summed E-state index contributed by atoms with van der Waals surface area (Å²) in [4.78, 5) is 22.9. The van der Waals surface area contributed by atoms with Crippen LogP contribution in [-0.4, -0.2) is 83.4 Å². The molecule has 52 heavy (non-hydrogen) atoms. The minimum absolute atomic E-state index is 0.0746. The predicted octanol–water partition coefficient (Wildman–Crippen LogP) is 7.72. The second-order valence-corrected chi connectivity index (χ2v) is 17.1. The molecule has 1 saturated carbocycles. The highest BCUT2D eigenvalue weighted by atomic mass is 35.5. The lowest BCUT2D eigenvalue weighted by molar-refractivity contribution is -0.144. The Bertz CT molecular complexity index is 1760. The summed E-state index contributed by atoms with van der Waals surface area (Å²) >= 11 is 6.32. The van der Waals surface area contributed by atoms with Crippen LogP contribution in [0.4, 0.5) is 5.69 Å². The van der Waals surface area contributed by atoms with Crippen molar-refractivity contribution in [1.29, 1.82) is 0 Å². The van der Waals surface area contributed by atoms with Gasteiger partial charge in [-0.25, -0.2) is 4.79 Å². The number of rotatable bonds is 10. The molecule has 1 aromatic heterocycles. The van der Waals surface area contributed by atoms with Crippen molar-refractivity contribution in [2.75, 3.05) is 51.3 Å². The molecule has 3 fully saturated rings. The van der Waals surface area contributed by atoms with Crippen LogP contribution >= 0.6 is 11.6 Å². The van der Waals surface area contributed by atoms with Crippen LogP contribution in [0.1, 0.15) is 92.7 Å². The Labute approximate surface area is 314 Å². The van der Waals surface area contributed by atoms with Crippen molar-refractivity contribution in [1.82, 2.24) is 14.8 Å². The fraction of sp³-hybridized carbons (Fsp3) is 0.581. The van der Waals surface area contributed by atoms with Crippen LogP contribution in [0.25, 0.3) is 0 Å². The van der Waals surface area contributed by atoms with E-state index in [-0.39, 0.29) is 5.41 Å². The van der Waals surface area contributed by atoms with Gasteiger partial charge in [-0.1, -0.05) is 49.7 Å². The van der Waals surface area contributed by atoms with Crippen LogP contribution in [0, 0.1) is 11.8 Å². The van der Waals surface area contributed by atoms with Gasteiger partial charge >= 0.3 is 5.97 Å². The Morgan fingerprint density at radius 2 is 2.00 bits per heavy atom. The number of nitrogens with one attached hydrogen (secondary N) is 1. The number of ether oxygens (including phenoxy) is 2. The minimum Gasteiger partial charge on any atom is -0.493 e. The molecule has 1 spiro atoms. The van der Waals surface area contributed by atoms with Gasteiger partial charge in [0.25, 0.3) is 0 Å². The number of nitrogens with zero attached hydrogens (tertiary/aromatic N) is 3. The van der Waals surface area contributed by atoms with Crippen LogP contribution in [0.15, 0.2) is 54.7 Å². The number of carboxylic acid groups (broad SMARTS) is 1. The fourth-order valence-electron chi connectivity index (χ4n) is 10.5. The van der Waals surface area contributed by atoms with Gasteiger partial charge in [-0.3, -0.25) is 14.8 Å². The Balaban J connectivity index is 1.03. The molecule has 3 aromatic rings. The highest BCUT2D eigenvalue weighted by molar-refractivity contribution is 6.30. The minimum atomic E-state index is -1.03. The highest BCUT2D eigenvalue weighted by Crippen LogP contribution is 2.56. The van der Waals surface area contributed by atoms with Crippen LogP contribution in [0.5, 0.6) is 5.75 Å². The number of halogens is 1. The van der Waals surface area contributed by atoms with E-state index in [0.29, 0.717) is 48.3 Å². The molecule has 8 rings (SSSR count). The van der Waals surface area contributed by atoms with Crippen LogP contribution in [0.3, 0.4) is 0 Å². The molecular weight excluding hydrogens is 672 g/mol.